The van der Waals surface area contributed by atoms with Crippen LogP contribution in [0, 0.1) is 13.8 Å². The Morgan fingerprint density at radius 1 is 1.10 bits per heavy atom. The van der Waals surface area contributed by atoms with Gasteiger partial charge in [0.25, 0.3) is 5.91 Å². The molecule has 6 heteroatoms. The van der Waals surface area contributed by atoms with E-state index in [0.717, 1.165) is 28.5 Å². The molecule has 4 aromatic rings. The molecule has 0 aliphatic carbocycles. The summed E-state index contributed by atoms with van der Waals surface area (Å²) in [6.45, 7) is 4.05. The van der Waals surface area contributed by atoms with Crippen molar-refractivity contribution in [2.75, 3.05) is 13.2 Å². The highest BCUT2D eigenvalue weighted by Gasteiger charge is 2.10. The standard InChI is InChI=1S/C23H22N2O4/c1-14-15(2)23(27)29-21-11-17(7-8-18(14)21)28-13-22(26)24-10-9-16-12-25-20-6-4-3-5-19(16)20/h3-8,11-12,25H,9-10,13H2,1-2H3,(H,24,26). The Bertz CT molecular complexity index is 1250. The fourth-order valence-corrected chi connectivity index (χ4v) is 3.39. The molecule has 2 heterocycles. The number of aryl methyl sites for hydroxylation is 1. The van der Waals surface area contributed by atoms with Crippen LogP contribution in [0.4, 0.5) is 0 Å². The van der Waals surface area contributed by atoms with Crippen molar-refractivity contribution in [2.45, 2.75) is 20.3 Å². The first-order valence-electron chi connectivity index (χ1n) is 9.51. The fraction of sp³-hybridized carbons (Fsp3) is 0.217. The lowest BCUT2D eigenvalue weighted by molar-refractivity contribution is -0.123. The number of rotatable bonds is 6. The van der Waals surface area contributed by atoms with E-state index in [9.17, 15) is 9.59 Å². The van der Waals surface area contributed by atoms with Gasteiger partial charge in [-0.3, -0.25) is 4.79 Å². The highest BCUT2D eigenvalue weighted by Crippen LogP contribution is 2.23. The number of carbonyl (C=O) groups excluding carboxylic acids is 1. The van der Waals surface area contributed by atoms with Crippen molar-refractivity contribution in [1.82, 2.24) is 10.3 Å². The lowest BCUT2D eigenvalue weighted by Crippen LogP contribution is -2.30. The van der Waals surface area contributed by atoms with Gasteiger partial charge in [-0.2, -0.15) is 0 Å². The number of ether oxygens (including phenoxy) is 1. The van der Waals surface area contributed by atoms with Gasteiger partial charge < -0.3 is 19.5 Å². The van der Waals surface area contributed by atoms with Crippen molar-refractivity contribution in [3.8, 4) is 5.75 Å². The molecular weight excluding hydrogens is 368 g/mol. The Kier molecular flexibility index (Phi) is 5.08. The SMILES string of the molecule is Cc1c(C)c2ccc(OCC(=O)NCCc3c[nH]c4ccccc34)cc2oc1=O. The normalized spacial score (nSPS) is 11.1. The summed E-state index contributed by atoms with van der Waals surface area (Å²) in [5.74, 6) is 0.280. The molecule has 0 fully saturated rings. The van der Waals surface area contributed by atoms with Crippen molar-refractivity contribution in [1.29, 1.82) is 0 Å². The Labute approximate surface area is 167 Å². The van der Waals surface area contributed by atoms with Crippen LogP contribution in [0.3, 0.4) is 0 Å². The molecule has 0 aliphatic heterocycles. The topological polar surface area (TPSA) is 84.3 Å². The average molecular weight is 390 g/mol. The average Bonchev–Trinajstić information content (AvgIpc) is 3.14. The van der Waals surface area contributed by atoms with Gasteiger partial charge in [-0.25, -0.2) is 4.79 Å². The molecule has 2 aromatic heterocycles. The summed E-state index contributed by atoms with van der Waals surface area (Å²) < 4.78 is 10.9. The van der Waals surface area contributed by atoms with Crippen molar-refractivity contribution < 1.29 is 13.9 Å². The third-order valence-electron chi connectivity index (χ3n) is 5.19. The number of hydrogen-bond acceptors (Lipinski definition) is 4. The summed E-state index contributed by atoms with van der Waals surface area (Å²) in [5, 5.41) is 4.89. The van der Waals surface area contributed by atoms with Crippen LogP contribution in [-0.4, -0.2) is 24.0 Å². The van der Waals surface area contributed by atoms with Crippen LogP contribution in [0.15, 0.2) is 57.9 Å². The molecule has 29 heavy (non-hydrogen) atoms. The van der Waals surface area contributed by atoms with E-state index in [1.54, 1.807) is 19.1 Å². The first-order chi connectivity index (χ1) is 14.0. The largest absolute Gasteiger partial charge is 0.484 e. The maximum atomic E-state index is 12.1. The third kappa shape index (κ3) is 3.87. The molecule has 0 radical (unpaired) electrons. The molecule has 2 aromatic carbocycles. The predicted molar refractivity (Wildman–Crippen MR) is 112 cm³/mol. The van der Waals surface area contributed by atoms with Crippen LogP contribution < -0.4 is 15.7 Å². The maximum absolute atomic E-state index is 12.1. The van der Waals surface area contributed by atoms with Gasteiger partial charge in [0.05, 0.1) is 0 Å². The van der Waals surface area contributed by atoms with E-state index in [2.05, 4.69) is 16.4 Å². The quantitative estimate of drug-likeness (QED) is 0.493. The molecule has 0 bridgehead atoms. The minimum atomic E-state index is -0.359. The molecule has 0 spiro atoms. The number of nitrogens with one attached hydrogen (secondary N) is 2. The number of amides is 1. The number of para-hydroxylation sites is 1. The number of fused-ring (bicyclic) bond motifs is 2. The van der Waals surface area contributed by atoms with E-state index in [-0.39, 0.29) is 18.1 Å². The van der Waals surface area contributed by atoms with Crippen molar-refractivity contribution in [2.24, 2.45) is 0 Å². The number of carbonyl (C=O) groups is 1. The Morgan fingerprint density at radius 3 is 2.79 bits per heavy atom. The highest BCUT2D eigenvalue weighted by atomic mass is 16.5. The van der Waals surface area contributed by atoms with E-state index in [1.165, 1.54) is 5.39 Å². The van der Waals surface area contributed by atoms with Gasteiger partial charge in [0.15, 0.2) is 6.61 Å². The molecule has 6 nitrogen and oxygen atoms in total. The van der Waals surface area contributed by atoms with E-state index < -0.39 is 0 Å². The molecule has 1 amide bonds. The first kappa shape index (κ1) is 18.8. The zero-order valence-corrected chi connectivity index (χ0v) is 16.4. The molecule has 148 valence electrons. The van der Waals surface area contributed by atoms with Gasteiger partial charge >= 0.3 is 5.63 Å². The smallest absolute Gasteiger partial charge is 0.339 e. The highest BCUT2D eigenvalue weighted by molar-refractivity contribution is 5.84. The number of aromatic amines is 1. The van der Waals surface area contributed by atoms with Crippen molar-refractivity contribution in [3.63, 3.8) is 0 Å². The van der Waals surface area contributed by atoms with Gasteiger partial charge in [-0.1, -0.05) is 18.2 Å². The van der Waals surface area contributed by atoms with Gasteiger partial charge in [0.1, 0.15) is 11.3 Å². The summed E-state index contributed by atoms with van der Waals surface area (Å²) in [6.07, 6.45) is 2.70. The molecule has 0 saturated carbocycles. The molecule has 0 unspecified atom stereocenters. The monoisotopic (exact) mass is 390 g/mol. The summed E-state index contributed by atoms with van der Waals surface area (Å²) in [4.78, 5) is 27.2. The van der Waals surface area contributed by atoms with Gasteiger partial charge in [-0.15, -0.1) is 0 Å². The number of aromatic nitrogens is 1. The molecule has 2 N–H and O–H groups in total. The van der Waals surface area contributed by atoms with Crippen molar-refractivity contribution >= 4 is 27.8 Å². The van der Waals surface area contributed by atoms with E-state index >= 15 is 0 Å². The minimum absolute atomic E-state index is 0.103. The van der Waals surface area contributed by atoms with Crippen LogP contribution in [0.2, 0.25) is 0 Å². The zero-order valence-electron chi connectivity index (χ0n) is 16.4. The van der Waals surface area contributed by atoms with Gasteiger partial charge in [0, 0.05) is 40.7 Å². The Hall–Kier alpha value is -3.54. The zero-order chi connectivity index (χ0) is 20.4. The lowest BCUT2D eigenvalue weighted by Gasteiger charge is -2.09. The van der Waals surface area contributed by atoms with Gasteiger partial charge in [-0.05, 0) is 49.6 Å². The van der Waals surface area contributed by atoms with E-state index in [1.807, 2.05) is 37.4 Å². The van der Waals surface area contributed by atoms with Gasteiger partial charge in [0.2, 0.25) is 0 Å². The fourth-order valence-electron chi connectivity index (χ4n) is 3.39. The Morgan fingerprint density at radius 2 is 1.93 bits per heavy atom. The van der Waals surface area contributed by atoms with Crippen LogP contribution in [0.5, 0.6) is 5.75 Å². The second-order valence-electron chi connectivity index (χ2n) is 7.05. The number of H-pyrrole nitrogens is 1. The second-order valence-corrected chi connectivity index (χ2v) is 7.05. The maximum Gasteiger partial charge on any atom is 0.339 e. The first-order valence-corrected chi connectivity index (χ1v) is 9.51. The van der Waals surface area contributed by atoms with Crippen LogP contribution in [-0.2, 0) is 11.2 Å². The number of benzene rings is 2. The van der Waals surface area contributed by atoms with E-state index in [0.29, 0.717) is 23.4 Å². The summed E-state index contributed by atoms with van der Waals surface area (Å²) >= 11 is 0. The molecule has 0 atom stereocenters. The Balaban J connectivity index is 1.33. The summed E-state index contributed by atoms with van der Waals surface area (Å²) in [5.41, 5.74) is 3.83. The second kappa shape index (κ2) is 7.83. The number of hydrogen-bond donors (Lipinski definition) is 2. The minimum Gasteiger partial charge on any atom is -0.484 e. The lowest BCUT2D eigenvalue weighted by atomic mass is 10.1. The molecule has 0 saturated heterocycles. The summed E-state index contributed by atoms with van der Waals surface area (Å²) in [6, 6.07) is 13.3. The summed E-state index contributed by atoms with van der Waals surface area (Å²) in [7, 11) is 0. The molecular formula is C23H22N2O4. The van der Waals surface area contributed by atoms with Crippen molar-refractivity contribution in [3.05, 3.63) is 75.8 Å². The predicted octanol–water partition coefficient (Wildman–Crippen LogP) is 3.63. The molecule has 4 rings (SSSR count). The van der Waals surface area contributed by atoms with E-state index in [4.69, 9.17) is 9.15 Å². The van der Waals surface area contributed by atoms with Crippen LogP contribution in [0.25, 0.3) is 21.9 Å². The third-order valence-corrected chi connectivity index (χ3v) is 5.19. The van der Waals surface area contributed by atoms with Crippen LogP contribution >= 0.6 is 0 Å². The van der Waals surface area contributed by atoms with Crippen LogP contribution in [0.1, 0.15) is 16.7 Å². The molecule has 0 aliphatic rings.